The maximum atomic E-state index is 10.4. The molecule has 1 saturated heterocycles. The van der Waals surface area contributed by atoms with Gasteiger partial charge in [0.2, 0.25) is 0 Å². The highest BCUT2D eigenvalue weighted by Gasteiger charge is 2.27. The summed E-state index contributed by atoms with van der Waals surface area (Å²) in [6.45, 7) is 1.67. The first-order chi connectivity index (χ1) is 10.2. The maximum absolute atomic E-state index is 10.4. The van der Waals surface area contributed by atoms with E-state index in [2.05, 4.69) is 22.0 Å². The second-order valence-electron chi connectivity index (χ2n) is 5.50. The molecule has 21 heavy (non-hydrogen) atoms. The molecule has 1 aliphatic rings. The number of halogens is 1. The third kappa shape index (κ3) is 3.43. The van der Waals surface area contributed by atoms with Gasteiger partial charge in [0.15, 0.2) is 0 Å². The van der Waals surface area contributed by atoms with Gasteiger partial charge in [0.05, 0.1) is 6.10 Å². The predicted octanol–water partition coefficient (Wildman–Crippen LogP) is 3.61. The Bertz CT molecular complexity index is 573. The average molecular weight is 303 g/mol. The minimum atomic E-state index is -0.482. The molecule has 1 fully saturated rings. The van der Waals surface area contributed by atoms with Crippen molar-refractivity contribution in [3.63, 3.8) is 0 Å². The van der Waals surface area contributed by atoms with Gasteiger partial charge < -0.3 is 5.11 Å². The fraction of sp³-hybridized carbons (Fsp3) is 0.353. The highest BCUT2D eigenvalue weighted by atomic mass is 35.5. The van der Waals surface area contributed by atoms with Gasteiger partial charge >= 0.3 is 0 Å². The average Bonchev–Trinajstić information content (AvgIpc) is 2.97. The second-order valence-corrected chi connectivity index (χ2v) is 5.94. The Morgan fingerprint density at radius 1 is 1.19 bits per heavy atom. The van der Waals surface area contributed by atoms with Crippen molar-refractivity contribution in [1.29, 1.82) is 0 Å². The van der Waals surface area contributed by atoms with E-state index in [0.717, 1.165) is 18.5 Å². The Hall–Kier alpha value is -1.42. The molecule has 0 saturated carbocycles. The number of aliphatic hydroxyl groups is 1. The molecule has 4 heteroatoms. The fourth-order valence-electron chi connectivity index (χ4n) is 3.02. The summed E-state index contributed by atoms with van der Waals surface area (Å²) in [5, 5.41) is 11.1. The lowest BCUT2D eigenvalue weighted by Gasteiger charge is -2.27. The van der Waals surface area contributed by atoms with Gasteiger partial charge in [-0.1, -0.05) is 23.7 Å². The lowest BCUT2D eigenvalue weighted by molar-refractivity contribution is 0.106. The van der Waals surface area contributed by atoms with Crippen LogP contribution >= 0.6 is 11.6 Å². The number of β-amino-alcohol motifs (C(OH)–C–C–N with tert-alkyl or cyclic N) is 1. The number of nitrogens with zero attached hydrogens (tertiary/aromatic N) is 2. The van der Waals surface area contributed by atoms with Gasteiger partial charge in [0, 0.05) is 30.0 Å². The molecule has 0 radical (unpaired) electrons. The lowest BCUT2D eigenvalue weighted by atomic mass is 10.0. The number of aromatic nitrogens is 1. The number of hydrogen-bond donors (Lipinski definition) is 1. The van der Waals surface area contributed by atoms with E-state index >= 15 is 0 Å². The number of rotatable bonds is 4. The van der Waals surface area contributed by atoms with Crippen LogP contribution < -0.4 is 0 Å². The predicted molar refractivity (Wildman–Crippen MR) is 84.2 cm³/mol. The van der Waals surface area contributed by atoms with Crippen molar-refractivity contribution < 1.29 is 5.11 Å². The molecule has 110 valence electrons. The highest BCUT2D eigenvalue weighted by Crippen LogP contribution is 2.33. The molecule has 0 bridgehead atoms. The van der Waals surface area contributed by atoms with Crippen molar-refractivity contribution in [3.8, 4) is 0 Å². The molecule has 2 aromatic rings. The molecule has 3 nitrogen and oxygen atoms in total. The van der Waals surface area contributed by atoms with Crippen LogP contribution in [0.15, 0.2) is 48.8 Å². The maximum Gasteiger partial charge on any atom is 0.0917 e. The molecular weight excluding hydrogens is 284 g/mol. The zero-order chi connectivity index (χ0) is 14.7. The Balaban J connectivity index is 1.70. The monoisotopic (exact) mass is 302 g/mol. The van der Waals surface area contributed by atoms with Crippen LogP contribution in [0.25, 0.3) is 0 Å². The largest absolute Gasteiger partial charge is 0.387 e. The van der Waals surface area contributed by atoms with Crippen LogP contribution in [0.5, 0.6) is 0 Å². The van der Waals surface area contributed by atoms with Gasteiger partial charge in [0.25, 0.3) is 0 Å². The third-order valence-electron chi connectivity index (χ3n) is 4.12. The molecule has 0 amide bonds. The molecule has 2 atom stereocenters. The van der Waals surface area contributed by atoms with Crippen molar-refractivity contribution in [3.05, 3.63) is 64.9 Å². The Kier molecular flexibility index (Phi) is 4.54. The van der Waals surface area contributed by atoms with Crippen molar-refractivity contribution in [2.24, 2.45) is 0 Å². The molecule has 1 N–H and O–H groups in total. The summed E-state index contributed by atoms with van der Waals surface area (Å²) >= 11 is 5.89. The lowest BCUT2D eigenvalue weighted by Crippen LogP contribution is -2.28. The standard InChI is InChI=1S/C17H19ClN2O/c18-15-5-3-14(4-6-15)17(21)12-20-11-1-2-16(20)13-7-9-19-10-8-13/h3-10,16-17,21H,1-2,11-12H2. The molecule has 1 aromatic heterocycles. The van der Waals surface area contributed by atoms with E-state index in [0.29, 0.717) is 17.6 Å². The van der Waals surface area contributed by atoms with E-state index in [-0.39, 0.29) is 0 Å². The van der Waals surface area contributed by atoms with Crippen LogP contribution in [0, 0.1) is 0 Å². The molecule has 2 heterocycles. The molecule has 2 unspecified atom stereocenters. The fourth-order valence-corrected chi connectivity index (χ4v) is 3.15. The summed E-state index contributed by atoms with van der Waals surface area (Å²) in [5.41, 5.74) is 2.20. The van der Waals surface area contributed by atoms with Crippen LogP contribution in [-0.2, 0) is 0 Å². The van der Waals surface area contributed by atoms with Crippen molar-refractivity contribution >= 4 is 11.6 Å². The summed E-state index contributed by atoms with van der Waals surface area (Å²) in [5.74, 6) is 0. The number of aliphatic hydroxyl groups excluding tert-OH is 1. The Morgan fingerprint density at radius 3 is 2.62 bits per heavy atom. The summed E-state index contributed by atoms with van der Waals surface area (Å²) < 4.78 is 0. The first-order valence-corrected chi connectivity index (χ1v) is 7.69. The summed E-state index contributed by atoms with van der Waals surface area (Å²) in [4.78, 5) is 6.43. The first-order valence-electron chi connectivity index (χ1n) is 7.31. The summed E-state index contributed by atoms with van der Waals surface area (Å²) in [6.07, 6.45) is 5.49. The van der Waals surface area contributed by atoms with Crippen LogP contribution in [0.2, 0.25) is 5.02 Å². The Morgan fingerprint density at radius 2 is 1.90 bits per heavy atom. The van der Waals surface area contributed by atoms with Gasteiger partial charge in [-0.15, -0.1) is 0 Å². The quantitative estimate of drug-likeness (QED) is 0.937. The van der Waals surface area contributed by atoms with Crippen LogP contribution in [0.4, 0.5) is 0 Å². The van der Waals surface area contributed by atoms with E-state index in [4.69, 9.17) is 11.6 Å². The van der Waals surface area contributed by atoms with E-state index < -0.39 is 6.10 Å². The molecule has 1 aromatic carbocycles. The van der Waals surface area contributed by atoms with Crippen LogP contribution in [0.3, 0.4) is 0 Å². The zero-order valence-electron chi connectivity index (χ0n) is 11.8. The minimum Gasteiger partial charge on any atom is -0.387 e. The molecule has 0 spiro atoms. The van der Waals surface area contributed by atoms with Crippen molar-refractivity contribution in [1.82, 2.24) is 9.88 Å². The van der Waals surface area contributed by atoms with Gasteiger partial charge in [0.1, 0.15) is 0 Å². The molecule has 1 aliphatic heterocycles. The summed E-state index contributed by atoms with van der Waals surface area (Å²) in [7, 11) is 0. The molecular formula is C17H19ClN2O. The third-order valence-corrected chi connectivity index (χ3v) is 4.37. The van der Waals surface area contributed by atoms with E-state index in [9.17, 15) is 5.11 Å². The van der Waals surface area contributed by atoms with Gasteiger partial charge in [-0.2, -0.15) is 0 Å². The number of benzene rings is 1. The zero-order valence-corrected chi connectivity index (χ0v) is 12.6. The molecule has 0 aliphatic carbocycles. The van der Waals surface area contributed by atoms with E-state index in [1.54, 1.807) is 0 Å². The molecule has 3 rings (SSSR count). The second kappa shape index (κ2) is 6.56. The van der Waals surface area contributed by atoms with Crippen LogP contribution in [-0.4, -0.2) is 28.1 Å². The smallest absolute Gasteiger partial charge is 0.0917 e. The number of hydrogen-bond acceptors (Lipinski definition) is 3. The van der Waals surface area contributed by atoms with Crippen molar-refractivity contribution in [2.75, 3.05) is 13.1 Å². The number of pyridine rings is 1. The summed E-state index contributed by atoms with van der Waals surface area (Å²) in [6, 6.07) is 12.0. The minimum absolute atomic E-state index is 0.384. The van der Waals surface area contributed by atoms with Gasteiger partial charge in [-0.3, -0.25) is 9.88 Å². The Labute approximate surface area is 130 Å². The van der Waals surface area contributed by atoms with Crippen LogP contribution in [0.1, 0.15) is 36.1 Å². The topological polar surface area (TPSA) is 36.4 Å². The highest BCUT2D eigenvalue weighted by molar-refractivity contribution is 6.30. The normalized spacial score (nSPS) is 20.6. The SMILES string of the molecule is OC(CN1CCCC1c1ccncc1)c1ccc(Cl)cc1. The van der Waals surface area contributed by atoms with Gasteiger partial charge in [-0.25, -0.2) is 0 Å². The number of likely N-dealkylation sites (tertiary alicyclic amines) is 1. The van der Waals surface area contributed by atoms with Crippen molar-refractivity contribution in [2.45, 2.75) is 25.0 Å². The van der Waals surface area contributed by atoms with Gasteiger partial charge in [-0.05, 0) is 54.8 Å². The van der Waals surface area contributed by atoms with E-state index in [1.165, 1.54) is 12.0 Å². The van der Waals surface area contributed by atoms with E-state index in [1.807, 2.05) is 36.7 Å². The first kappa shape index (κ1) is 14.5.